The Balaban J connectivity index is 2.20. The highest BCUT2D eigenvalue weighted by Gasteiger charge is 2.34. The van der Waals surface area contributed by atoms with E-state index in [4.69, 9.17) is 4.74 Å². The molecule has 0 unspecified atom stereocenters. The van der Waals surface area contributed by atoms with Crippen molar-refractivity contribution in [2.45, 2.75) is 73.3 Å². The van der Waals surface area contributed by atoms with Gasteiger partial charge in [-0.15, -0.1) is 0 Å². The number of esters is 1. The summed E-state index contributed by atoms with van der Waals surface area (Å²) < 4.78 is 5.38. The first-order chi connectivity index (χ1) is 15.1. The lowest BCUT2D eigenvalue weighted by Gasteiger charge is -2.43. The third-order valence-corrected chi connectivity index (χ3v) is 6.48. The highest BCUT2D eigenvalue weighted by molar-refractivity contribution is 5.97. The second-order valence-electron chi connectivity index (χ2n) is 10.3. The molecule has 0 atom stereocenters. The molecule has 0 saturated carbocycles. The Morgan fingerprint density at radius 2 is 1.81 bits per heavy atom. The number of anilines is 3. The van der Waals surface area contributed by atoms with Crippen LogP contribution in [-0.2, 0) is 10.2 Å². The highest BCUT2D eigenvalue weighted by atomic mass is 16.5. The van der Waals surface area contributed by atoms with Gasteiger partial charge in [-0.1, -0.05) is 39.8 Å². The van der Waals surface area contributed by atoms with Gasteiger partial charge in [-0.25, -0.2) is 4.79 Å². The minimum absolute atomic E-state index is 0.104. The summed E-state index contributed by atoms with van der Waals surface area (Å²) in [6.07, 6.45) is 1.13. The standard InChI is InChI=1S/C28H40N2O2/c1-9-32-27(31)22-12-10-11-13-24(22)30(18-19(2)3)25-17-23-26(16-21(25)6)29(20(4)5)15-14-28(23,7)8/h10-13,16-17,19-20H,9,14-15,18H2,1-8H3. The molecule has 2 aromatic rings. The fourth-order valence-electron chi connectivity index (χ4n) is 4.73. The Morgan fingerprint density at radius 3 is 2.44 bits per heavy atom. The van der Waals surface area contributed by atoms with Crippen molar-refractivity contribution >= 4 is 23.0 Å². The van der Waals surface area contributed by atoms with Crippen molar-refractivity contribution in [1.29, 1.82) is 0 Å². The first-order valence-corrected chi connectivity index (χ1v) is 12.0. The number of fused-ring (bicyclic) bond motifs is 1. The first kappa shape index (κ1) is 24.2. The Morgan fingerprint density at radius 1 is 1.12 bits per heavy atom. The summed E-state index contributed by atoms with van der Waals surface area (Å²) in [7, 11) is 0. The fourth-order valence-corrected chi connectivity index (χ4v) is 4.73. The molecular formula is C28H40N2O2. The van der Waals surface area contributed by atoms with Crippen LogP contribution in [0.4, 0.5) is 17.1 Å². The lowest BCUT2D eigenvalue weighted by atomic mass is 9.76. The van der Waals surface area contributed by atoms with Crippen LogP contribution >= 0.6 is 0 Å². The lowest BCUT2D eigenvalue weighted by Crippen LogP contribution is -2.41. The molecule has 0 fully saturated rings. The Kier molecular flexibility index (Phi) is 7.22. The van der Waals surface area contributed by atoms with Gasteiger partial charge in [0.2, 0.25) is 0 Å². The van der Waals surface area contributed by atoms with Crippen LogP contribution in [-0.4, -0.2) is 31.7 Å². The quantitative estimate of drug-likeness (QED) is 0.444. The molecule has 1 heterocycles. The number of rotatable bonds is 7. The minimum atomic E-state index is -0.265. The van der Waals surface area contributed by atoms with Gasteiger partial charge in [0.1, 0.15) is 0 Å². The molecule has 0 bridgehead atoms. The number of nitrogens with zero attached hydrogens (tertiary/aromatic N) is 2. The van der Waals surface area contributed by atoms with E-state index >= 15 is 0 Å². The molecule has 2 aromatic carbocycles. The maximum Gasteiger partial charge on any atom is 0.340 e. The Bertz CT molecular complexity index is 962. The van der Waals surface area contributed by atoms with Gasteiger partial charge in [0.25, 0.3) is 0 Å². The molecule has 3 rings (SSSR count). The van der Waals surface area contributed by atoms with Crippen molar-refractivity contribution < 1.29 is 9.53 Å². The van der Waals surface area contributed by atoms with Gasteiger partial charge in [0, 0.05) is 30.5 Å². The summed E-state index contributed by atoms with van der Waals surface area (Å²) >= 11 is 0. The van der Waals surface area contributed by atoms with Crippen LogP contribution in [0.5, 0.6) is 0 Å². The van der Waals surface area contributed by atoms with E-state index in [2.05, 4.69) is 70.4 Å². The van der Waals surface area contributed by atoms with E-state index in [0.29, 0.717) is 24.1 Å². The molecule has 1 aliphatic heterocycles. The summed E-state index contributed by atoms with van der Waals surface area (Å²) in [6, 6.07) is 13.0. The zero-order chi connectivity index (χ0) is 23.6. The molecule has 4 heteroatoms. The van der Waals surface area contributed by atoms with Gasteiger partial charge < -0.3 is 14.5 Å². The number of carbonyl (C=O) groups is 1. The average Bonchev–Trinajstić information content (AvgIpc) is 2.71. The average molecular weight is 437 g/mol. The normalized spacial score (nSPS) is 15.1. The predicted octanol–water partition coefficient (Wildman–Crippen LogP) is 6.86. The summed E-state index contributed by atoms with van der Waals surface area (Å²) in [5.74, 6) is 0.166. The van der Waals surface area contributed by atoms with Gasteiger partial charge in [-0.2, -0.15) is 0 Å². The van der Waals surface area contributed by atoms with E-state index in [1.165, 1.54) is 22.5 Å². The summed E-state index contributed by atoms with van der Waals surface area (Å²) in [6.45, 7) is 20.0. The van der Waals surface area contributed by atoms with Gasteiger partial charge in [0.05, 0.1) is 17.9 Å². The molecule has 0 saturated heterocycles. The molecule has 0 spiro atoms. The largest absolute Gasteiger partial charge is 0.462 e. The molecular weight excluding hydrogens is 396 g/mol. The van der Waals surface area contributed by atoms with Crippen LogP contribution in [0.25, 0.3) is 0 Å². The van der Waals surface area contributed by atoms with E-state index < -0.39 is 0 Å². The van der Waals surface area contributed by atoms with Crippen molar-refractivity contribution in [2.75, 3.05) is 29.5 Å². The van der Waals surface area contributed by atoms with Crippen molar-refractivity contribution in [1.82, 2.24) is 0 Å². The number of benzene rings is 2. The summed E-state index contributed by atoms with van der Waals surface area (Å²) in [4.78, 5) is 17.6. The third-order valence-electron chi connectivity index (χ3n) is 6.48. The topological polar surface area (TPSA) is 32.8 Å². The third kappa shape index (κ3) is 4.79. The molecule has 0 amide bonds. The predicted molar refractivity (Wildman–Crippen MR) is 136 cm³/mol. The zero-order valence-electron chi connectivity index (χ0n) is 21.2. The summed E-state index contributed by atoms with van der Waals surface area (Å²) in [5, 5.41) is 0. The number of carbonyl (C=O) groups excluding carboxylic acids is 1. The summed E-state index contributed by atoms with van der Waals surface area (Å²) in [5.41, 5.74) is 6.78. The second kappa shape index (κ2) is 9.56. The molecule has 1 aliphatic rings. The molecule has 0 aromatic heterocycles. The van der Waals surface area contributed by atoms with Crippen LogP contribution in [0.15, 0.2) is 36.4 Å². The van der Waals surface area contributed by atoms with Crippen molar-refractivity contribution in [2.24, 2.45) is 5.92 Å². The van der Waals surface area contributed by atoms with Crippen LogP contribution in [0.3, 0.4) is 0 Å². The van der Waals surface area contributed by atoms with Crippen LogP contribution in [0, 0.1) is 12.8 Å². The van der Waals surface area contributed by atoms with Gasteiger partial charge in [-0.05, 0) is 80.8 Å². The number of para-hydroxylation sites is 1. The van der Waals surface area contributed by atoms with Crippen LogP contribution in [0.1, 0.15) is 76.4 Å². The van der Waals surface area contributed by atoms with Gasteiger partial charge in [-0.3, -0.25) is 0 Å². The lowest BCUT2D eigenvalue weighted by molar-refractivity contribution is 0.0527. The number of hydrogen-bond donors (Lipinski definition) is 0. The van der Waals surface area contributed by atoms with Crippen LogP contribution < -0.4 is 9.80 Å². The molecule has 0 radical (unpaired) electrons. The van der Waals surface area contributed by atoms with Crippen molar-refractivity contribution in [3.63, 3.8) is 0 Å². The first-order valence-electron chi connectivity index (χ1n) is 12.0. The monoisotopic (exact) mass is 436 g/mol. The SMILES string of the molecule is CCOC(=O)c1ccccc1N(CC(C)C)c1cc2c(cc1C)N(C(C)C)CCC2(C)C. The smallest absolute Gasteiger partial charge is 0.340 e. The van der Waals surface area contributed by atoms with E-state index in [1.807, 2.05) is 31.2 Å². The zero-order valence-corrected chi connectivity index (χ0v) is 21.2. The van der Waals surface area contributed by atoms with E-state index in [-0.39, 0.29) is 11.4 Å². The number of aryl methyl sites for hydroxylation is 1. The van der Waals surface area contributed by atoms with Gasteiger partial charge in [0.15, 0.2) is 0 Å². The van der Waals surface area contributed by atoms with Crippen molar-refractivity contribution in [3.05, 3.63) is 53.1 Å². The van der Waals surface area contributed by atoms with Gasteiger partial charge >= 0.3 is 5.97 Å². The van der Waals surface area contributed by atoms with Crippen LogP contribution in [0.2, 0.25) is 0 Å². The molecule has 4 nitrogen and oxygen atoms in total. The highest BCUT2D eigenvalue weighted by Crippen LogP contribution is 2.45. The maximum absolute atomic E-state index is 12.8. The van der Waals surface area contributed by atoms with E-state index in [1.54, 1.807) is 0 Å². The molecule has 174 valence electrons. The van der Waals surface area contributed by atoms with Crippen molar-refractivity contribution in [3.8, 4) is 0 Å². The molecule has 0 aliphatic carbocycles. The fraction of sp³-hybridized carbons (Fsp3) is 0.536. The maximum atomic E-state index is 12.8. The van der Waals surface area contributed by atoms with E-state index in [9.17, 15) is 4.79 Å². The molecule has 32 heavy (non-hydrogen) atoms. The Hall–Kier alpha value is -2.49. The Labute approximate surface area is 194 Å². The number of hydrogen-bond acceptors (Lipinski definition) is 4. The number of ether oxygens (including phenoxy) is 1. The molecule has 0 N–H and O–H groups in total. The minimum Gasteiger partial charge on any atom is -0.462 e. The second-order valence-corrected chi connectivity index (χ2v) is 10.3. The van der Waals surface area contributed by atoms with E-state index in [0.717, 1.165) is 25.2 Å².